The summed E-state index contributed by atoms with van der Waals surface area (Å²) < 4.78 is 30.2. The first kappa shape index (κ1) is 26.8. The van der Waals surface area contributed by atoms with E-state index in [1.807, 2.05) is 49.3 Å². The topological polar surface area (TPSA) is 40.6 Å². The maximum absolute atomic E-state index is 15.5. The van der Waals surface area contributed by atoms with Gasteiger partial charge in [-0.3, -0.25) is 9.59 Å². The van der Waals surface area contributed by atoms with E-state index in [4.69, 9.17) is 0 Å². The van der Waals surface area contributed by atoms with Gasteiger partial charge in [0.2, 0.25) is 5.91 Å². The molecule has 3 aromatic carbocycles. The number of ketones is 1. The third-order valence-corrected chi connectivity index (χ3v) is 8.15. The number of anilines is 2. The molecule has 6 heteroatoms. The van der Waals surface area contributed by atoms with Crippen molar-refractivity contribution in [1.29, 1.82) is 0 Å². The standard InChI is InChI=1S/C33H34F2N2O2/c1-21(38)4-5-23-15-28(34)19-30(16-23)37(33(39)31-17-22-6-7-26(31)14-22)20-27-9-8-25(18-32(27)35)24-10-12-29(13-11-24)36(2)3/h4-5,8-13,15-16,18-19,22,26,31H,6-7,14,17,20H2,1-3H3/b5-4+/t22-,26+,31-/m1/s1. The Morgan fingerprint density at radius 1 is 0.897 bits per heavy atom. The van der Waals surface area contributed by atoms with Crippen molar-refractivity contribution < 1.29 is 18.4 Å². The summed E-state index contributed by atoms with van der Waals surface area (Å²) in [4.78, 5) is 28.9. The number of allylic oxidation sites excluding steroid dienone is 1. The van der Waals surface area contributed by atoms with Crippen LogP contribution >= 0.6 is 0 Å². The van der Waals surface area contributed by atoms with Crippen LogP contribution < -0.4 is 9.80 Å². The van der Waals surface area contributed by atoms with E-state index in [-0.39, 0.29) is 24.2 Å². The Hall–Kier alpha value is -3.80. The van der Waals surface area contributed by atoms with Crippen LogP contribution in [0.4, 0.5) is 20.2 Å². The van der Waals surface area contributed by atoms with Crippen molar-refractivity contribution >= 4 is 29.1 Å². The van der Waals surface area contributed by atoms with E-state index < -0.39 is 11.6 Å². The minimum Gasteiger partial charge on any atom is -0.378 e. The Morgan fingerprint density at radius 2 is 1.64 bits per heavy atom. The second-order valence-electron chi connectivity index (χ2n) is 11.1. The van der Waals surface area contributed by atoms with Crippen LogP contribution in [0.3, 0.4) is 0 Å². The van der Waals surface area contributed by atoms with Crippen molar-refractivity contribution in [3.8, 4) is 11.1 Å². The summed E-state index contributed by atoms with van der Waals surface area (Å²) in [6.07, 6.45) is 6.96. The molecular formula is C33H34F2N2O2. The Morgan fingerprint density at radius 3 is 2.26 bits per heavy atom. The smallest absolute Gasteiger partial charge is 0.230 e. The maximum Gasteiger partial charge on any atom is 0.230 e. The molecule has 2 saturated carbocycles. The summed E-state index contributed by atoms with van der Waals surface area (Å²) in [6.45, 7) is 1.42. The van der Waals surface area contributed by atoms with E-state index in [1.165, 1.54) is 42.2 Å². The summed E-state index contributed by atoms with van der Waals surface area (Å²) in [5, 5.41) is 0. The molecular weight excluding hydrogens is 494 g/mol. The van der Waals surface area contributed by atoms with Gasteiger partial charge in [0.15, 0.2) is 5.78 Å². The SMILES string of the molecule is CC(=O)/C=C/c1cc(F)cc(N(Cc2ccc(-c3ccc(N(C)C)cc3)cc2F)C(=O)[C@@H]2C[C@@H]3CC[C@H]2C3)c1. The molecule has 3 atom stereocenters. The highest BCUT2D eigenvalue weighted by Gasteiger charge is 2.44. The zero-order valence-electron chi connectivity index (χ0n) is 22.7. The fourth-order valence-corrected chi connectivity index (χ4v) is 6.08. The lowest BCUT2D eigenvalue weighted by Gasteiger charge is -2.30. The molecule has 2 bridgehead atoms. The van der Waals surface area contributed by atoms with Crippen molar-refractivity contribution in [2.45, 2.75) is 39.2 Å². The number of rotatable bonds is 8. The molecule has 0 aromatic heterocycles. The molecule has 3 aromatic rings. The number of carbonyl (C=O) groups is 2. The fraction of sp³-hybridized carbons (Fsp3) is 0.333. The molecule has 0 unspecified atom stereocenters. The summed E-state index contributed by atoms with van der Waals surface area (Å²) in [5.41, 5.74) is 3.91. The molecule has 1 amide bonds. The Bertz CT molecular complexity index is 1410. The van der Waals surface area contributed by atoms with Gasteiger partial charge in [-0.25, -0.2) is 8.78 Å². The fourth-order valence-electron chi connectivity index (χ4n) is 6.08. The average Bonchev–Trinajstić information content (AvgIpc) is 3.55. The maximum atomic E-state index is 15.5. The largest absolute Gasteiger partial charge is 0.378 e. The summed E-state index contributed by atoms with van der Waals surface area (Å²) in [7, 11) is 3.93. The number of nitrogens with zero attached hydrogens (tertiary/aromatic N) is 2. The summed E-state index contributed by atoms with van der Waals surface area (Å²) >= 11 is 0. The Labute approximate surface area is 228 Å². The highest BCUT2D eigenvalue weighted by molar-refractivity contribution is 5.96. The summed E-state index contributed by atoms with van der Waals surface area (Å²) in [6, 6.07) is 17.3. The van der Waals surface area contributed by atoms with Crippen LogP contribution in [0.1, 0.15) is 43.7 Å². The van der Waals surface area contributed by atoms with E-state index >= 15 is 4.39 Å². The molecule has 2 fully saturated rings. The predicted octanol–water partition coefficient (Wildman–Crippen LogP) is 7.27. The lowest BCUT2D eigenvalue weighted by Crippen LogP contribution is -2.38. The van der Waals surface area contributed by atoms with Gasteiger partial charge >= 0.3 is 0 Å². The second kappa shape index (κ2) is 11.1. The first-order chi connectivity index (χ1) is 18.7. The highest BCUT2D eigenvalue weighted by atomic mass is 19.1. The van der Waals surface area contributed by atoms with Gasteiger partial charge in [-0.2, -0.15) is 0 Å². The van der Waals surface area contributed by atoms with Crippen LogP contribution in [0.2, 0.25) is 0 Å². The average molecular weight is 529 g/mol. The number of amides is 1. The van der Waals surface area contributed by atoms with Gasteiger partial charge in [-0.05, 0) is 97.2 Å². The van der Waals surface area contributed by atoms with Crippen LogP contribution in [0.15, 0.2) is 66.7 Å². The first-order valence-corrected chi connectivity index (χ1v) is 13.5. The predicted molar refractivity (Wildman–Crippen MR) is 152 cm³/mol. The minimum absolute atomic E-state index is 0.00227. The molecule has 0 heterocycles. The van der Waals surface area contributed by atoms with Crippen molar-refractivity contribution in [1.82, 2.24) is 0 Å². The third-order valence-electron chi connectivity index (χ3n) is 8.15. The Balaban J connectivity index is 1.47. The van der Waals surface area contributed by atoms with Crippen LogP contribution in [0, 0.1) is 29.4 Å². The molecule has 4 nitrogen and oxygen atoms in total. The van der Waals surface area contributed by atoms with E-state index in [0.29, 0.717) is 28.7 Å². The van der Waals surface area contributed by atoms with Gasteiger partial charge in [-0.15, -0.1) is 0 Å². The van der Waals surface area contributed by atoms with Crippen LogP contribution in [-0.4, -0.2) is 25.8 Å². The lowest BCUT2D eigenvalue weighted by atomic mass is 9.87. The molecule has 5 rings (SSSR count). The van der Waals surface area contributed by atoms with Crippen molar-refractivity contribution in [2.24, 2.45) is 17.8 Å². The molecule has 2 aliphatic carbocycles. The van der Waals surface area contributed by atoms with Crippen molar-refractivity contribution in [2.75, 3.05) is 23.9 Å². The number of hydrogen-bond donors (Lipinski definition) is 0. The van der Waals surface area contributed by atoms with E-state index in [2.05, 4.69) is 0 Å². The van der Waals surface area contributed by atoms with Gasteiger partial charge in [0.25, 0.3) is 0 Å². The zero-order valence-corrected chi connectivity index (χ0v) is 22.7. The molecule has 202 valence electrons. The second-order valence-corrected chi connectivity index (χ2v) is 11.1. The van der Waals surface area contributed by atoms with Gasteiger partial charge in [-0.1, -0.05) is 36.8 Å². The molecule has 0 radical (unpaired) electrons. The Kier molecular flexibility index (Phi) is 7.65. The van der Waals surface area contributed by atoms with E-state index in [0.717, 1.165) is 42.5 Å². The van der Waals surface area contributed by atoms with Gasteiger partial charge in [0.05, 0.1) is 6.54 Å². The highest BCUT2D eigenvalue weighted by Crippen LogP contribution is 2.49. The molecule has 2 aliphatic rings. The number of fused-ring (bicyclic) bond motifs is 2. The molecule has 0 aliphatic heterocycles. The molecule has 0 saturated heterocycles. The number of hydrogen-bond acceptors (Lipinski definition) is 3. The quantitative estimate of drug-likeness (QED) is 0.289. The van der Waals surface area contributed by atoms with Gasteiger partial charge in [0, 0.05) is 37.0 Å². The van der Waals surface area contributed by atoms with Crippen molar-refractivity contribution in [3.05, 3.63) is 89.5 Å². The minimum atomic E-state index is -0.515. The van der Waals surface area contributed by atoms with Gasteiger partial charge < -0.3 is 9.80 Å². The number of benzene rings is 3. The van der Waals surface area contributed by atoms with E-state index in [1.54, 1.807) is 12.1 Å². The molecule has 0 spiro atoms. The summed E-state index contributed by atoms with van der Waals surface area (Å²) in [5.74, 6) is -0.427. The number of carbonyl (C=O) groups excluding carboxylic acids is 2. The van der Waals surface area contributed by atoms with Crippen LogP contribution in [-0.2, 0) is 16.1 Å². The zero-order chi connectivity index (χ0) is 27.7. The molecule has 0 N–H and O–H groups in total. The van der Waals surface area contributed by atoms with Crippen LogP contribution in [0.5, 0.6) is 0 Å². The molecule has 39 heavy (non-hydrogen) atoms. The number of halogens is 2. The normalized spacial score (nSPS) is 20.0. The van der Waals surface area contributed by atoms with Gasteiger partial charge in [0.1, 0.15) is 11.6 Å². The van der Waals surface area contributed by atoms with Crippen LogP contribution in [0.25, 0.3) is 17.2 Å². The lowest BCUT2D eigenvalue weighted by molar-refractivity contribution is -0.124. The monoisotopic (exact) mass is 528 g/mol. The van der Waals surface area contributed by atoms with E-state index in [9.17, 15) is 14.0 Å². The first-order valence-electron chi connectivity index (χ1n) is 13.5. The third kappa shape index (κ3) is 5.95. The van der Waals surface area contributed by atoms with Crippen molar-refractivity contribution in [3.63, 3.8) is 0 Å².